The van der Waals surface area contributed by atoms with Gasteiger partial charge in [-0.25, -0.2) is 13.1 Å². The maximum absolute atomic E-state index is 12.3. The van der Waals surface area contributed by atoms with Crippen LogP contribution in [0.1, 0.15) is 39.3 Å². The molecule has 1 heterocycles. The van der Waals surface area contributed by atoms with Gasteiger partial charge in [0.05, 0.1) is 4.90 Å². The third-order valence-electron chi connectivity index (χ3n) is 4.28. The highest BCUT2D eigenvalue weighted by Crippen LogP contribution is 2.20. The van der Waals surface area contributed by atoms with Crippen LogP contribution in [0.3, 0.4) is 0 Å². The maximum atomic E-state index is 12.3. The third-order valence-corrected chi connectivity index (χ3v) is 5.67. The van der Waals surface area contributed by atoms with E-state index in [1.54, 1.807) is 12.3 Å². The molecule has 1 aliphatic carbocycles. The van der Waals surface area contributed by atoms with Crippen LogP contribution >= 0.6 is 0 Å². The van der Waals surface area contributed by atoms with Gasteiger partial charge in [-0.1, -0.05) is 20.8 Å². The summed E-state index contributed by atoms with van der Waals surface area (Å²) in [5.41, 5.74) is 0.999. The fourth-order valence-electron chi connectivity index (χ4n) is 2.00. The number of rotatable bonds is 8. The number of aryl methyl sites for hydroxylation is 1. The van der Waals surface area contributed by atoms with E-state index in [2.05, 4.69) is 30.8 Å². The van der Waals surface area contributed by atoms with Crippen molar-refractivity contribution < 1.29 is 8.42 Å². The third kappa shape index (κ3) is 4.56. The molecule has 0 bridgehead atoms. The molecule has 120 valence electrons. The summed E-state index contributed by atoms with van der Waals surface area (Å²) in [6, 6.07) is 2.38. The van der Waals surface area contributed by atoms with Crippen LogP contribution in [0.2, 0.25) is 0 Å². The highest BCUT2D eigenvalue weighted by Gasteiger charge is 2.22. The average Bonchev–Trinajstić information content (AvgIpc) is 3.16. The molecule has 5 nitrogen and oxygen atoms in total. The summed E-state index contributed by atoms with van der Waals surface area (Å²) < 4.78 is 29.3. The number of hydrogen-bond donors (Lipinski definition) is 2. The molecule has 0 radical (unpaired) electrons. The Balaban J connectivity index is 2.00. The Bertz CT molecular complexity index is 574. The first kappa shape index (κ1) is 16.5. The zero-order valence-corrected chi connectivity index (χ0v) is 14.2. The van der Waals surface area contributed by atoms with Crippen LogP contribution in [-0.4, -0.2) is 25.6 Å². The molecule has 0 spiro atoms. The highest BCUT2D eigenvalue weighted by molar-refractivity contribution is 7.89. The van der Waals surface area contributed by atoms with Gasteiger partial charge in [-0.3, -0.25) is 0 Å². The maximum Gasteiger partial charge on any atom is 0.242 e. The topological polar surface area (TPSA) is 63.1 Å². The Labute approximate surface area is 128 Å². The second-order valence-electron chi connectivity index (χ2n) is 6.51. The Hall–Kier alpha value is -0.850. The summed E-state index contributed by atoms with van der Waals surface area (Å²) in [5, 5.41) is 3.41. The lowest BCUT2D eigenvalue weighted by Crippen LogP contribution is -2.30. The van der Waals surface area contributed by atoms with Gasteiger partial charge in [0.1, 0.15) is 0 Å². The van der Waals surface area contributed by atoms with Crippen molar-refractivity contribution in [2.24, 2.45) is 18.9 Å². The number of hydrogen-bond acceptors (Lipinski definition) is 3. The predicted octanol–water partition coefficient (Wildman–Crippen LogP) is 1.85. The first-order valence-corrected chi connectivity index (χ1v) is 9.16. The summed E-state index contributed by atoms with van der Waals surface area (Å²) in [5.74, 6) is 0.779. The van der Waals surface area contributed by atoms with Gasteiger partial charge < -0.3 is 9.88 Å². The summed E-state index contributed by atoms with van der Waals surface area (Å²) in [6.45, 7) is 7.46. The van der Waals surface area contributed by atoms with Gasteiger partial charge in [0.15, 0.2) is 0 Å². The molecule has 1 aromatic rings. The quantitative estimate of drug-likeness (QED) is 0.770. The van der Waals surface area contributed by atoms with Crippen molar-refractivity contribution in [2.45, 2.75) is 51.1 Å². The Morgan fingerprint density at radius 1 is 1.33 bits per heavy atom. The smallest absolute Gasteiger partial charge is 0.242 e. The molecule has 1 atom stereocenters. The molecule has 0 saturated heterocycles. The molecule has 1 unspecified atom stereocenters. The molecule has 2 N–H and O–H groups in total. The molecule has 0 amide bonds. The fourth-order valence-corrected chi connectivity index (χ4v) is 3.23. The van der Waals surface area contributed by atoms with Crippen molar-refractivity contribution in [1.29, 1.82) is 0 Å². The molecule has 6 heteroatoms. The summed E-state index contributed by atoms with van der Waals surface area (Å²) in [6.07, 6.45) is 4.14. The van der Waals surface area contributed by atoms with Gasteiger partial charge in [-0.2, -0.15) is 0 Å². The molecule has 0 aliphatic heterocycles. The van der Waals surface area contributed by atoms with Crippen molar-refractivity contribution in [1.82, 2.24) is 14.6 Å². The van der Waals surface area contributed by atoms with Crippen molar-refractivity contribution in [3.63, 3.8) is 0 Å². The number of nitrogens with one attached hydrogen (secondary N) is 2. The van der Waals surface area contributed by atoms with Crippen LogP contribution in [0.15, 0.2) is 17.2 Å². The summed E-state index contributed by atoms with van der Waals surface area (Å²) in [7, 11) is -1.52. The van der Waals surface area contributed by atoms with E-state index >= 15 is 0 Å². The first-order valence-electron chi connectivity index (χ1n) is 7.68. The number of sulfonamides is 1. The van der Waals surface area contributed by atoms with Gasteiger partial charge in [0.2, 0.25) is 10.0 Å². The Morgan fingerprint density at radius 2 is 2.00 bits per heavy atom. The second-order valence-corrected chi connectivity index (χ2v) is 8.27. The van der Waals surface area contributed by atoms with Crippen LogP contribution in [0, 0.1) is 11.8 Å². The molecule has 0 aromatic carbocycles. The standard InChI is InChI=1S/C15H27N3O2S/c1-11(2)12(3)8-17-21(19,20)15-7-14(18(4)10-15)9-16-13-5-6-13/h7,10-13,16-17H,5-6,8-9H2,1-4H3. The van der Waals surface area contributed by atoms with Gasteiger partial charge >= 0.3 is 0 Å². The SMILES string of the molecule is CC(C)C(C)CNS(=O)(=O)c1cc(CNC2CC2)n(C)c1. The lowest BCUT2D eigenvalue weighted by molar-refractivity contribution is 0.414. The minimum absolute atomic E-state index is 0.319. The molecular formula is C15H27N3O2S. The zero-order valence-electron chi connectivity index (χ0n) is 13.4. The van der Waals surface area contributed by atoms with E-state index in [1.165, 1.54) is 12.8 Å². The molecular weight excluding hydrogens is 286 g/mol. The van der Waals surface area contributed by atoms with E-state index in [0.29, 0.717) is 29.3 Å². The van der Waals surface area contributed by atoms with Gasteiger partial charge in [-0.15, -0.1) is 0 Å². The lowest BCUT2D eigenvalue weighted by atomic mass is 9.99. The van der Waals surface area contributed by atoms with Crippen molar-refractivity contribution in [2.75, 3.05) is 6.54 Å². The minimum atomic E-state index is -3.41. The van der Waals surface area contributed by atoms with Gasteiger partial charge in [0, 0.05) is 38.1 Å². The van der Waals surface area contributed by atoms with Gasteiger partial charge in [0.25, 0.3) is 0 Å². The summed E-state index contributed by atoms with van der Waals surface area (Å²) >= 11 is 0. The number of nitrogens with zero attached hydrogens (tertiary/aromatic N) is 1. The van der Waals surface area contributed by atoms with E-state index < -0.39 is 10.0 Å². The molecule has 2 rings (SSSR count). The molecule has 1 saturated carbocycles. The largest absolute Gasteiger partial charge is 0.352 e. The van der Waals surface area contributed by atoms with E-state index in [0.717, 1.165) is 12.2 Å². The molecule has 1 aromatic heterocycles. The highest BCUT2D eigenvalue weighted by atomic mass is 32.2. The van der Waals surface area contributed by atoms with E-state index in [1.807, 2.05) is 11.6 Å². The van der Waals surface area contributed by atoms with Crippen LogP contribution in [0.25, 0.3) is 0 Å². The van der Waals surface area contributed by atoms with Crippen molar-refractivity contribution in [3.05, 3.63) is 18.0 Å². The van der Waals surface area contributed by atoms with E-state index in [9.17, 15) is 8.42 Å². The number of aromatic nitrogens is 1. The van der Waals surface area contributed by atoms with Crippen LogP contribution in [0.4, 0.5) is 0 Å². The predicted molar refractivity (Wildman–Crippen MR) is 84.5 cm³/mol. The van der Waals surface area contributed by atoms with Gasteiger partial charge in [-0.05, 0) is 30.7 Å². The Morgan fingerprint density at radius 3 is 2.57 bits per heavy atom. The van der Waals surface area contributed by atoms with Crippen molar-refractivity contribution in [3.8, 4) is 0 Å². The molecule has 1 fully saturated rings. The first-order chi connectivity index (χ1) is 9.79. The average molecular weight is 313 g/mol. The van der Waals surface area contributed by atoms with Crippen LogP contribution in [-0.2, 0) is 23.6 Å². The zero-order chi connectivity index (χ0) is 15.6. The second kappa shape index (κ2) is 6.50. The molecule has 1 aliphatic rings. The van der Waals surface area contributed by atoms with Crippen molar-refractivity contribution >= 4 is 10.0 Å². The van der Waals surface area contributed by atoms with Crippen LogP contribution < -0.4 is 10.0 Å². The normalized spacial score (nSPS) is 17.4. The fraction of sp³-hybridized carbons (Fsp3) is 0.733. The van der Waals surface area contributed by atoms with E-state index in [4.69, 9.17) is 0 Å². The molecule has 21 heavy (non-hydrogen) atoms. The lowest BCUT2D eigenvalue weighted by Gasteiger charge is -2.15. The van der Waals surface area contributed by atoms with E-state index in [-0.39, 0.29) is 0 Å². The monoisotopic (exact) mass is 313 g/mol. The summed E-state index contributed by atoms with van der Waals surface area (Å²) in [4.78, 5) is 0.355. The Kier molecular flexibility index (Phi) is 5.11. The van der Waals surface area contributed by atoms with Crippen LogP contribution in [0.5, 0.6) is 0 Å². The minimum Gasteiger partial charge on any atom is -0.352 e.